The normalized spacial score (nSPS) is 12.7. The van der Waals surface area contributed by atoms with Gasteiger partial charge in [0.15, 0.2) is 0 Å². The molecule has 21 heavy (non-hydrogen) atoms. The van der Waals surface area contributed by atoms with Crippen LogP contribution in [0.2, 0.25) is 0 Å². The molecule has 3 heteroatoms. The average molecular weight is 280 g/mol. The number of hydrogen-bond donors (Lipinski definition) is 2. The molecule has 0 aliphatic carbocycles. The van der Waals surface area contributed by atoms with Gasteiger partial charge in [-0.3, -0.25) is 5.26 Å². The van der Waals surface area contributed by atoms with E-state index in [4.69, 9.17) is 5.26 Å². The van der Waals surface area contributed by atoms with Crippen LogP contribution in [-0.2, 0) is 4.89 Å². The Morgan fingerprint density at radius 1 is 1.00 bits per heavy atom. The van der Waals surface area contributed by atoms with Crippen molar-refractivity contribution in [3.8, 4) is 0 Å². The number of hydrogen-bond acceptors (Lipinski definition) is 3. The number of aliphatic hydroxyl groups excluding tert-OH is 1. The van der Waals surface area contributed by atoms with Crippen molar-refractivity contribution in [1.29, 1.82) is 0 Å². The van der Waals surface area contributed by atoms with Gasteiger partial charge in [-0.25, -0.2) is 4.89 Å². The maximum Gasteiger partial charge on any atom is 0.141 e. The summed E-state index contributed by atoms with van der Waals surface area (Å²) in [5.74, 6) is 0. The molecule has 3 nitrogen and oxygen atoms in total. The zero-order valence-corrected chi connectivity index (χ0v) is 11.5. The van der Waals surface area contributed by atoms with Crippen molar-refractivity contribution >= 4 is 27.1 Å². The van der Waals surface area contributed by atoms with E-state index in [1.807, 2.05) is 30.3 Å². The molecule has 3 aromatic rings. The molecule has 3 rings (SSSR count). The van der Waals surface area contributed by atoms with Crippen molar-refractivity contribution in [3.05, 3.63) is 66.7 Å². The molecular weight excluding hydrogens is 264 g/mol. The fourth-order valence-electron chi connectivity index (χ4n) is 2.59. The van der Waals surface area contributed by atoms with E-state index >= 15 is 0 Å². The summed E-state index contributed by atoms with van der Waals surface area (Å²) >= 11 is 0. The summed E-state index contributed by atoms with van der Waals surface area (Å²) in [6.07, 6.45) is -0.808. The smallest absolute Gasteiger partial charge is 0.141 e. The molecule has 0 aliphatic rings. The molecule has 0 spiro atoms. The van der Waals surface area contributed by atoms with E-state index in [2.05, 4.69) is 35.7 Å². The minimum absolute atomic E-state index is 0.317. The quantitative estimate of drug-likeness (QED) is 0.433. The van der Waals surface area contributed by atoms with Gasteiger partial charge in [-0.15, -0.1) is 0 Å². The summed E-state index contributed by atoms with van der Waals surface area (Å²) in [4.78, 5) is 4.27. The average Bonchev–Trinajstić information content (AvgIpc) is 2.55. The molecule has 0 bridgehead atoms. The molecule has 1 unspecified atom stereocenters. The van der Waals surface area contributed by atoms with Crippen LogP contribution in [0, 0.1) is 0 Å². The Morgan fingerprint density at radius 2 is 1.67 bits per heavy atom. The topological polar surface area (TPSA) is 49.7 Å². The lowest BCUT2D eigenvalue weighted by atomic mass is 9.96. The van der Waals surface area contributed by atoms with E-state index in [1.54, 1.807) is 0 Å². The van der Waals surface area contributed by atoms with Crippen LogP contribution >= 0.6 is 0 Å². The van der Waals surface area contributed by atoms with E-state index in [1.165, 1.54) is 5.39 Å². The van der Waals surface area contributed by atoms with E-state index in [-0.39, 0.29) is 6.61 Å². The molecule has 0 radical (unpaired) electrons. The van der Waals surface area contributed by atoms with E-state index in [0.717, 1.165) is 21.7 Å². The Balaban J connectivity index is 2.18. The van der Waals surface area contributed by atoms with Gasteiger partial charge in [0.25, 0.3) is 0 Å². The number of benzene rings is 3. The molecule has 3 aromatic carbocycles. The Bertz CT molecular complexity index is 804. The fraction of sp³-hybridized carbons (Fsp3) is 0.111. The van der Waals surface area contributed by atoms with Crippen LogP contribution in [0.1, 0.15) is 5.56 Å². The first-order chi connectivity index (χ1) is 10.2. The highest BCUT2D eigenvalue weighted by Crippen LogP contribution is 2.29. The van der Waals surface area contributed by atoms with Crippen LogP contribution in [0.25, 0.3) is 27.1 Å². The van der Waals surface area contributed by atoms with Gasteiger partial charge in [0, 0.05) is 0 Å². The van der Waals surface area contributed by atoms with Crippen LogP contribution in [0.15, 0.2) is 61.2 Å². The van der Waals surface area contributed by atoms with Gasteiger partial charge in [0.05, 0.1) is 6.61 Å². The van der Waals surface area contributed by atoms with Crippen molar-refractivity contribution in [2.24, 2.45) is 0 Å². The largest absolute Gasteiger partial charge is 0.393 e. The van der Waals surface area contributed by atoms with Crippen molar-refractivity contribution < 1.29 is 15.3 Å². The number of fused-ring (bicyclic) bond motifs is 3. The molecule has 0 aliphatic heterocycles. The van der Waals surface area contributed by atoms with Crippen LogP contribution in [-0.4, -0.2) is 23.1 Å². The van der Waals surface area contributed by atoms with Crippen molar-refractivity contribution in [3.63, 3.8) is 0 Å². The maximum absolute atomic E-state index is 9.20. The molecule has 0 saturated heterocycles. The SMILES string of the molecule is C=C(c1ccc2ccc3ccccc3c2c1)C(CO)OO. The lowest BCUT2D eigenvalue weighted by Crippen LogP contribution is -2.17. The van der Waals surface area contributed by atoms with E-state index in [0.29, 0.717) is 5.57 Å². The standard InChI is InChI=1S/C18H16O3/c1-12(18(11-19)21-20)15-9-8-14-7-6-13-4-2-3-5-16(13)17(14)10-15/h2-10,18-20H,1,11H2. The van der Waals surface area contributed by atoms with E-state index in [9.17, 15) is 5.11 Å². The highest BCUT2D eigenvalue weighted by atomic mass is 17.1. The summed E-state index contributed by atoms with van der Waals surface area (Å²) < 4.78 is 0. The lowest BCUT2D eigenvalue weighted by molar-refractivity contribution is -0.268. The number of aliphatic hydroxyl groups is 1. The summed E-state index contributed by atoms with van der Waals surface area (Å²) in [5, 5.41) is 22.6. The molecule has 0 heterocycles. The maximum atomic E-state index is 9.20. The molecule has 0 aromatic heterocycles. The minimum atomic E-state index is -0.808. The summed E-state index contributed by atoms with van der Waals surface area (Å²) in [7, 11) is 0. The van der Waals surface area contributed by atoms with Gasteiger partial charge in [0.2, 0.25) is 0 Å². The fourth-order valence-corrected chi connectivity index (χ4v) is 2.59. The van der Waals surface area contributed by atoms with Gasteiger partial charge in [-0.05, 0) is 38.7 Å². The third-order valence-electron chi connectivity index (χ3n) is 3.80. The second-order valence-corrected chi connectivity index (χ2v) is 5.02. The monoisotopic (exact) mass is 280 g/mol. The Kier molecular flexibility index (Phi) is 3.71. The molecule has 1 atom stereocenters. The van der Waals surface area contributed by atoms with Gasteiger partial charge in [0.1, 0.15) is 6.10 Å². The van der Waals surface area contributed by atoms with Crippen LogP contribution in [0.4, 0.5) is 0 Å². The minimum Gasteiger partial charge on any atom is -0.393 e. The first kappa shape index (κ1) is 13.8. The molecular formula is C18H16O3. The third-order valence-corrected chi connectivity index (χ3v) is 3.80. The van der Waals surface area contributed by atoms with Crippen LogP contribution < -0.4 is 0 Å². The molecule has 0 fully saturated rings. The second kappa shape index (κ2) is 5.66. The predicted octanol–water partition coefficient (Wildman–Crippen LogP) is 3.86. The highest BCUT2D eigenvalue weighted by Gasteiger charge is 2.14. The Labute approximate surface area is 122 Å². The first-order valence-electron chi connectivity index (χ1n) is 6.76. The molecule has 106 valence electrons. The lowest BCUT2D eigenvalue weighted by Gasteiger charge is -2.15. The summed E-state index contributed by atoms with van der Waals surface area (Å²) in [6.45, 7) is 3.59. The zero-order valence-electron chi connectivity index (χ0n) is 11.5. The Morgan fingerprint density at radius 3 is 2.38 bits per heavy atom. The van der Waals surface area contributed by atoms with Crippen molar-refractivity contribution in [2.45, 2.75) is 6.10 Å². The van der Waals surface area contributed by atoms with Crippen molar-refractivity contribution in [2.75, 3.05) is 6.61 Å². The second-order valence-electron chi connectivity index (χ2n) is 5.02. The van der Waals surface area contributed by atoms with Crippen molar-refractivity contribution in [1.82, 2.24) is 0 Å². The van der Waals surface area contributed by atoms with Crippen LogP contribution in [0.5, 0.6) is 0 Å². The van der Waals surface area contributed by atoms with Gasteiger partial charge >= 0.3 is 0 Å². The van der Waals surface area contributed by atoms with Gasteiger partial charge < -0.3 is 5.11 Å². The summed E-state index contributed by atoms with van der Waals surface area (Å²) in [5.41, 5.74) is 1.39. The zero-order chi connectivity index (χ0) is 14.8. The van der Waals surface area contributed by atoms with Gasteiger partial charge in [-0.1, -0.05) is 55.1 Å². The van der Waals surface area contributed by atoms with Crippen LogP contribution in [0.3, 0.4) is 0 Å². The highest BCUT2D eigenvalue weighted by molar-refractivity contribution is 6.08. The molecule has 0 amide bonds. The third kappa shape index (κ3) is 2.43. The van der Waals surface area contributed by atoms with Gasteiger partial charge in [-0.2, -0.15) is 0 Å². The van der Waals surface area contributed by atoms with E-state index < -0.39 is 6.10 Å². The molecule has 0 saturated carbocycles. The predicted molar refractivity (Wildman–Crippen MR) is 85.1 cm³/mol. The Hall–Kier alpha value is -2.20. The summed E-state index contributed by atoms with van der Waals surface area (Å²) in [6, 6.07) is 18.3. The molecule has 2 N–H and O–H groups in total. The number of rotatable bonds is 4. The first-order valence-corrected chi connectivity index (χ1v) is 6.76.